The zero-order chi connectivity index (χ0) is 11.3. The van der Waals surface area contributed by atoms with Gasteiger partial charge in [0.1, 0.15) is 0 Å². The van der Waals surface area contributed by atoms with E-state index in [1.165, 1.54) is 0 Å². The highest BCUT2D eigenvalue weighted by Crippen LogP contribution is 2.23. The van der Waals surface area contributed by atoms with Crippen molar-refractivity contribution in [2.24, 2.45) is 5.92 Å². The smallest absolute Gasteiger partial charge is 0.243 e. The molecule has 2 N–H and O–H groups in total. The highest BCUT2D eigenvalue weighted by atomic mass is 16.3. The molecule has 1 rings (SSSR count). The fourth-order valence-corrected chi connectivity index (χ4v) is 1.91. The van der Waals surface area contributed by atoms with Gasteiger partial charge in [0.05, 0.1) is 6.10 Å². The number of rotatable bonds is 3. The minimum atomic E-state index is -0.116. The second-order valence-electron chi connectivity index (χ2n) is 4.64. The molecule has 0 spiro atoms. The van der Waals surface area contributed by atoms with Gasteiger partial charge in [0.25, 0.3) is 0 Å². The lowest BCUT2D eigenvalue weighted by Crippen LogP contribution is -2.31. The number of amides is 1. The lowest BCUT2D eigenvalue weighted by molar-refractivity contribution is -0.116. The van der Waals surface area contributed by atoms with Crippen molar-refractivity contribution >= 4 is 5.91 Å². The fourth-order valence-electron chi connectivity index (χ4n) is 1.91. The minimum Gasteiger partial charge on any atom is -0.393 e. The van der Waals surface area contributed by atoms with E-state index in [1.807, 2.05) is 13.8 Å². The summed E-state index contributed by atoms with van der Waals surface area (Å²) in [5.74, 6) is 0.545. The molecule has 3 heteroatoms. The van der Waals surface area contributed by atoms with Crippen LogP contribution in [0.1, 0.15) is 39.5 Å². The number of carbonyl (C=O) groups is 1. The van der Waals surface area contributed by atoms with E-state index in [-0.39, 0.29) is 12.0 Å². The van der Waals surface area contributed by atoms with Crippen LogP contribution in [0.2, 0.25) is 0 Å². The van der Waals surface area contributed by atoms with Gasteiger partial charge in [0.15, 0.2) is 0 Å². The number of hydrogen-bond acceptors (Lipinski definition) is 2. The van der Waals surface area contributed by atoms with Crippen molar-refractivity contribution < 1.29 is 9.90 Å². The minimum absolute atomic E-state index is 0.00104. The summed E-state index contributed by atoms with van der Waals surface area (Å²) in [6, 6.07) is 0. The molecular weight excluding hydrogens is 190 g/mol. The molecule has 0 aromatic heterocycles. The van der Waals surface area contributed by atoms with Crippen molar-refractivity contribution in [1.82, 2.24) is 5.32 Å². The first-order valence-electron chi connectivity index (χ1n) is 5.68. The van der Waals surface area contributed by atoms with E-state index < -0.39 is 0 Å². The van der Waals surface area contributed by atoms with Crippen molar-refractivity contribution in [3.05, 3.63) is 11.6 Å². The maximum atomic E-state index is 11.3. The van der Waals surface area contributed by atoms with Gasteiger partial charge in [-0.2, -0.15) is 0 Å². The molecule has 0 atom stereocenters. The van der Waals surface area contributed by atoms with Crippen molar-refractivity contribution in [3.8, 4) is 0 Å². The molecule has 0 aromatic carbocycles. The Labute approximate surface area is 91.6 Å². The summed E-state index contributed by atoms with van der Waals surface area (Å²) >= 11 is 0. The van der Waals surface area contributed by atoms with E-state index in [0.29, 0.717) is 5.92 Å². The Morgan fingerprint density at radius 3 is 2.47 bits per heavy atom. The average Bonchev–Trinajstić information content (AvgIpc) is 2.16. The Kier molecular flexibility index (Phi) is 4.82. The van der Waals surface area contributed by atoms with Crippen LogP contribution in [0.4, 0.5) is 0 Å². The number of aliphatic hydroxyl groups excluding tert-OH is 1. The van der Waals surface area contributed by atoms with Crippen molar-refractivity contribution in [2.45, 2.75) is 45.6 Å². The first kappa shape index (κ1) is 12.2. The van der Waals surface area contributed by atoms with E-state index >= 15 is 0 Å². The summed E-state index contributed by atoms with van der Waals surface area (Å²) in [6.45, 7) is 4.57. The molecule has 0 heterocycles. The predicted octanol–water partition coefficient (Wildman–Crippen LogP) is 1.62. The summed E-state index contributed by atoms with van der Waals surface area (Å²) in [5, 5.41) is 12.2. The van der Waals surface area contributed by atoms with E-state index in [9.17, 15) is 9.90 Å². The Bertz CT molecular complexity index is 236. The van der Waals surface area contributed by atoms with Crippen LogP contribution in [0.5, 0.6) is 0 Å². The van der Waals surface area contributed by atoms with Crippen LogP contribution in [0.15, 0.2) is 11.6 Å². The van der Waals surface area contributed by atoms with Crippen LogP contribution in [0.25, 0.3) is 0 Å². The molecule has 1 aliphatic carbocycles. The summed E-state index contributed by atoms with van der Waals surface area (Å²) in [5.41, 5.74) is 1.02. The Morgan fingerprint density at radius 1 is 1.33 bits per heavy atom. The number of aliphatic hydroxyl groups is 1. The molecule has 15 heavy (non-hydrogen) atoms. The summed E-state index contributed by atoms with van der Waals surface area (Å²) in [7, 11) is 0. The third kappa shape index (κ3) is 4.98. The van der Waals surface area contributed by atoms with Crippen LogP contribution in [0, 0.1) is 5.92 Å². The van der Waals surface area contributed by atoms with Gasteiger partial charge in [0.2, 0.25) is 5.91 Å². The Balaban J connectivity index is 2.20. The molecule has 1 aliphatic rings. The molecule has 0 saturated heterocycles. The van der Waals surface area contributed by atoms with Gasteiger partial charge in [-0.05, 0) is 45.4 Å². The first-order chi connectivity index (χ1) is 7.08. The van der Waals surface area contributed by atoms with E-state index in [1.54, 1.807) is 6.08 Å². The van der Waals surface area contributed by atoms with Crippen molar-refractivity contribution in [1.29, 1.82) is 0 Å². The topological polar surface area (TPSA) is 49.3 Å². The standard InChI is InChI=1S/C12H21NO2/c1-9(2)7-12(15)13-8-10-3-5-11(14)6-4-10/h7,10-11,14H,3-6,8H2,1-2H3,(H,13,15). The summed E-state index contributed by atoms with van der Waals surface area (Å²) in [6.07, 6.45) is 5.31. The zero-order valence-corrected chi connectivity index (χ0v) is 9.62. The molecule has 1 amide bonds. The highest BCUT2D eigenvalue weighted by molar-refractivity contribution is 5.87. The zero-order valence-electron chi connectivity index (χ0n) is 9.62. The first-order valence-corrected chi connectivity index (χ1v) is 5.68. The Morgan fingerprint density at radius 2 is 1.93 bits per heavy atom. The average molecular weight is 211 g/mol. The largest absolute Gasteiger partial charge is 0.393 e. The molecule has 1 fully saturated rings. The molecule has 3 nitrogen and oxygen atoms in total. The lowest BCUT2D eigenvalue weighted by atomic mass is 9.87. The number of carbonyl (C=O) groups excluding carboxylic acids is 1. The van der Waals surface area contributed by atoms with Crippen molar-refractivity contribution in [3.63, 3.8) is 0 Å². The van der Waals surface area contributed by atoms with Gasteiger partial charge in [-0.3, -0.25) is 4.79 Å². The van der Waals surface area contributed by atoms with Crippen LogP contribution in [-0.4, -0.2) is 23.7 Å². The van der Waals surface area contributed by atoms with Crippen LogP contribution in [-0.2, 0) is 4.79 Å². The molecule has 0 bridgehead atoms. The molecule has 0 aliphatic heterocycles. The predicted molar refractivity (Wildman–Crippen MR) is 60.4 cm³/mol. The Hall–Kier alpha value is -0.830. The summed E-state index contributed by atoms with van der Waals surface area (Å²) in [4.78, 5) is 11.3. The van der Waals surface area contributed by atoms with Crippen LogP contribution >= 0.6 is 0 Å². The van der Waals surface area contributed by atoms with Gasteiger partial charge in [0, 0.05) is 12.6 Å². The molecule has 1 saturated carbocycles. The molecule has 0 unspecified atom stereocenters. The maximum Gasteiger partial charge on any atom is 0.243 e. The maximum absolute atomic E-state index is 11.3. The van der Waals surface area contributed by atoms with Gasteiger partial charge in [-0.15, -0.1) is 0 Å². The monoisotopic (exact) mass is 211 g/mol. The van der Waals surface area contributed by atoms with E-state index in [4.69, 9.17) is 0 Å². The normalized spacial score (nSPS) is 25.8. The van der Waals surface area contributed by atoms with Crippen LogP contribution in [0.3, 0.4) is 0 Å². The van der Waals surface area contributed by atoms with Gasteiger partial charge >= 0.3 is 0 Å². The number of allylic oxidation sites excluding steroid dienone is 1. The molecule has 86 valence electrons. The third-order valence-electron chi connectivity index (χ3n) is 2.80. The van der Waals surface area contributed by atoms with Gasteiger partial charge in [-0.25, -0.2) is 0 Å². The fraction of sp³-hybridized carbons (Fsp3) is 0.750. The van der Waals surface area contributed by atoms with E-state index in [2.05, 4.69) is 5.32 Å². The molecular formula is C12H21NO2. The quantitative estimate of drug-likeness (QED) is 0.697. The second-order valence-corrected chi connectivity index (χ2v) is 4.64. The molecule has 0 radical (unpaired) electrons. The van der Waals surface area contributed by atoms with Gasteiger partial charge < -0.3 is 10.4 Å². The number of hydrogen-bond donors (Lipinski definition) is 2. The van der Waals surface area contributed by atoms with Crippen LogP contribution < -0.4 is 5.32 Å². The lowest BCUT2D eigenvalue weighted by Gasteiger charge is -2.25. The highest BCUT2D eigenvalue weighted by Gasteiger charge is 2.19. The third-order valence-corrected chi connectivity index (χ3v) is 2.80. The SMILES string of the molecule is CC(C)=CC(=O)NCC1CCC(O)CC1. The van der Waals surface area contributed by atoms with E-state index in [0.717, 1.165) is 37.8 Å². The van der Waals surface area contributed by atoms with Crippen molar-refractivity contribution in [2.75, 3.05) is 6.54 Å². The molecule has 0 aromatic rings. The second kappa shape index (κ2) is 5.91. The number of nitrogens with one attached hydrogen (secondary N) is 1. The van der Waals surface area contributed by atoms with Gasteiger partial charge in [-0.1, -0.05) is 5.57 Å². The summed E-state index contributed by atoms with van der Waals surface area (Å²) < 4.78 is 0.